The Kier molecular flexibility index (Phi) is 34.4. The van der Waals surface area contributed by atoms with Crippen LogP contribution in [0.4, 0.5) is 0 Å². The summed E-state index contributed by atoms with van der Waals surface area (Å²) in [6.07, 6.45) is 27.5. The van der Waals surface area contributed by atoms with Crippen molar-refractivity contribution in [3.8, 4) is 0 Å². The van der Waals surface area contributed by atoms with Crippen LogP contribution in [-0.4, -0.2) is 35.3 Å². The Morgan fingerprint density at radius 2 is 0.579 bits per heavy atom. The van der Waals surface area contributed by atoms with Crippen LogP contribution in [0, 0.1) is 11.8 Å². The second-order valence-electron chi connectivity index (χ2n) is 16.9. The molecule has 0 aromatic rings. The summed E-state index contributed by atoms with van der Waals surface area (Å²) in [5, 5.41) is 13.2. The molecular formula is C48H94N4O5. The lowest BCUT2D eigenvalue weighted by atomic mass is 9.89. The smallest absolute Gasteiger partial charge is 0.227 e. The van der Waals surface area contributed by atoms with E-state index in [1.165, 1.54) is 0 Å². The molecule has 9 nitrogen and oxygen atoms in total. The number of carbonyl (C=O) groups excluding carboxylic acids is 4. The molecular weight excluding hydrogens is 713 g/mol. The highest BCUT2D eigenvalue weighted by molar-refractivity contribution is 5.81. The number of hydrogen-bond acceptors (Lipinski definition) is 5. The first-order valence-corrected chi connectivity index (χ1v) is 24.5. The van der Waals surface area contributed by atoms with E-state index in [4.69, 9.17) is 4.74 Å². The van der Waals surface area contributed by atoms with Gasteiger partial charge < -0.3 is 21.3 Å². The van der Waals surface area contributed by atoms with Crippen LogP contribution in [0.5, 0.6) is 0 Å². The van der Waals surface area contributed by atoms with Crippen LogP contribution in [0.15, 0.2) is 0 Å². The van der Waals surface area contributed by atoms with Crippen molar-refractivity contribution < 1.29 is 23.9 Å². The Bertz CT molecular complexity index is 887. The fourth-order valence-corrected chi connectivity index (χ4v) is 7.92. The molecule has 0 aromatic heterocycles. The number of carbonyl (C=O) groups is 4. The highest BCUT2D eigenvalue weighted by Gasteiger charge is 2.52. The van der Waals surface area contributed by atoms with E-state index in [0.29, 0.717) is 51.4 Å². The summed E-state index contributed by atoms with van der Waals surface area (Å²) >= 11 is 0. The predicted molar refractivity (Wildman–Crippen MR) is 239 cm³/mol. The Morgan fingerprint density at radius 3 is 0.789 bits per heavy atom. The van der Waals surface area contributed by atoms with Crippen molar-refractivity contribution in [1.29, 1.82) is 0 Å². The van der Waals surface area contributed by atoms with Crippen molar-refractivity contribution >= 4 is 23.6 Å². The number of hydrogen-bond donors (Lipinski definition) is 4. The van der Waals surface area contributed by atoms with E-state index >= 15 is 0 Å². The third kappa shape index (κ3) is 25.2. The molecule has 336 valence electrons. The van der Waals surface area contributed by atoms with E-state index in [1.807, 2.05) is 0 Å². The van der Waals surface area contributed by atoms with E-state index < -0.39 is 11.7 Å². The normalized spacial score (nSPS) is 12.9. The Labute approximate surface area is 352 Å². The molecule has 0 fully saturated rings. The van der Waals surface area contributed by atoms with Crippen LogP contribution in [0.1, 0.15) is 261 Å². The van der Waals surface area contributed by atoms with Crippen LogP contribution in [0.3, 0.4) is 0 Å². The highest BCUT2D eigenvalue weighted by Crippen LogP contribution is 2.35. The average Bonchev–Trinajstić information content (AvgIpc) is 3.18. The summed E-state index contributed by atoms with van der Waals surface area (Å²) in [5.74, 6) is -4.71. The van der Waals surface area contributed by atoms with Gasteiger partial charge in [0.2, 0.25) is 35.3 Å². The Hall–Kier alpha value is -2.16. The monoisotopic (exact) mass is 807 g/mol. The van der Waals surface area contributed by atoms with Gasteiger partial charge in [-0.05, 0) is 51.4 Å². The van der Waals surface area contributed by atoms with E-state index in [1.54, 1.807) is 0 Å². The van der Waals surface area contributed by atoms with Crippen LogP contribution in [-0.2, 0) is 23.9 Å². The minimum absolute atomic E-state index is 0.190. The minimum atomic E-state index is -1.66. The molecule has 0 radical (unpaired) electrons. The van der Waals surface area contributed by atoms with Gasteiger partial charge in [0, 0.05) is 37.5 Å². The van der Waals surface area contributed by atoms with E-state index in [9.17, 15) is 19.2 Å². The lowest BCUT2D eigenvalue weighted by molar-refractivity contribution is -0.256. The van der Waals surface area contributed by atoms with Gasteiger partial charge in [0.05, 0.1) is 0 Å². The maximum atomic E-state index is 14.2. The van der Waals surface area contributed by atoms with Gasteiger partial charge in [-0.15, -0.1) is 0 Å². The molecule has 4 amide bonds. The standard InChI is InChI=1S/C48H94N4O5/c1-9-17-23-27-31-37-43(53)49-47(41(15-7)35-21-13-5,50-44(54)38-32-28-24-18-10-2)57-48(42(16-8)36-22-14-6,51-45(55)39-33-29-25-19-11-3)52-46(56)40-34-30-26-20-12-4/h41-42H,9-40H2,1-8H3,(H,49,53)(H,50,54)(H,51,55)(H,52,56). The largest absolute Gasteiger partial charge is 0.310 e. The zero-order valence-electron chi connectivity index (χ0n) is 38.8. The Morgan fingerprint density at radius 1 is 0.351 bits per heavy atom. The molecule has 0 saturated carbocycles. The molecule has 57 heavy (non-hydrogen) atoms. The summed E-state index contributed by atoms with van der Waals surface area (Å²) in [5.41, 5.74) is 0. The fourth-order valence-electron chi connectivity index (χ4n) is 7.92. The summed E-state index contributed by atoms with van der Waals surface area (Å²) in [6, 6.07) is 0. The number of amides is 4. The third-order valence-electron chi connectivity index (χ3n) is 11.6. The van der Waals surface area contributed by atoms with Crippen molar-refractivity contribution in [3.63, 3.8) is 0 Å². The lowest BCUT2D eigenvalue weighted by Gasteiger charge is -2.50. The molecule has 0 aromatic carbocycles. The molecule has 4 N–H and O–H groups in total. The molecule has 0 heterocycles. The quantitative estimate of drug-likeness (QED) is 0.0362. The maximum Gasteiger partial charge on any atom is 0.227 e. The molecule has 0 rings (SSSR count). The van der Waals surface area contributed by atoms with Crippen molar-refractivity contribution in [2.45, 2.75) is 273 Å². The predicted octanol–water partition coefficient (Wildman–Crippen LogP) is 12.7. The molecule has 2 unspecified atom stereocenters. The molecule has 0 aliphatic heterocycles. The molecule has 0 saturated heterocycles. The van der Waals surface area contributed by atoms with E-state index in [0.717, 1.165) is 154 Å². The van der Waals surface area contributed by atoms with Crippen LogP contribution >= 0.6 is 0 Å². The van der Waals surface area contributed by atoms with Crippen LogP contribution in [0.25, 0.3) is 0 Å². The van der Waals surface area contributed by atoms with Gasteiger partial charge in [-0.1, -0.05) is 184 Å². The average molecular weight is 807 g/mol. The molecule has 9 heteroatoms. The van der Waals surface area contributed by atoms with Crippen molar-refractivity contribution in [1.82, 2.24) is 21.3 Å². The number of unbranched alkanes of at least 4 members (excludes halogenated alkanes) is 18. The zero-order chi connectivity index (χ0) is 42.6. The van der Waals surface area contributed by atoms with Crippen LogP contribution in [0.2, 0.25) is 0 Å². The lowest BCUT2D eigenvalue weighted by Crippen LogP contribution is -2.76. The van der Waals surface area contributed by atoms with Crippen LogP contribution < -0.4 is 21.3 Å². The fraction of sp³-hybridized carbons (Fsp3) is 0.917. The van der Waals surface area contributed by atoms with Crippen molar-refractivity contribution in [2.24, 2.45) is 11.8 Å². The molecule has 2 atom stereocenters. The summed E-state index contributed by atoms with van der Waals surface area (Å²) in [6.45, 7) is 17.2. The van der Waals surface area contributed by atoms with Gasteiger partial charge in [0.1, 0.15) is 0 Å². The second kappa shape index (κ2) is 35.8. The molecule has 0 spiro atoms. The van der Waals surface area contributed by atoms with Gasteiger partial charge in [0.25, 0.3) is 0 Å². The first-order valence-electron chi connectivity index (χ1n) is 24.5. The zero-order valence-corrected chi connectivity index (χ0v) is 38.8. The third-order valence-corrected chi connectivity index (χ3v) is 11.6. The highest BCUT2D eigenvalue weighted by atomic mass is 16.6. The second-order valence-corrected chi connectivity index (χ2v) is 16.9. The first-order chi connectivity index (χ1) is 27.6. The van der Waals surface area contributed by atoms with Gasteiger partial charge >= 0.3 is 0 Å². The summed E-state index contributed by atoms with van der Waals surface area (Å²) < 4.78 is 7.46. The topological polar surface area (TPSA) is 126 Å². The van der Waals surface area contributed by atoms with Gasteiger partial charge in [-0.25, -0.2) is 0 Å². The van der Waals surface area contributed by atoms with Crippen molar-refractivity contribution in [3.05, 3.63) is 0 Å². The van der Waals surface area contributed by atoms with Crippen molar-refractivity contribution in [2.75, 3.05) is 0 Å². The molecule has 0 aliphatic rings. The SMILES string of the molecule is CCCCCCCC(=O)NC(NC(=O)CCCCCCC)(OC(NC(=O)CCCCCCC)(NC(=O)CCCCCCC)C(CC)CCCC)C(CC)CCCC. The number of rotatable bonds is 40. The summed E-state index contributed by atoms with van der Waals surface area (Å²) in [4.78, 5) is 56.7. The maximum absolute atomic E-state index is 14.2. The first kappa shape index (κ1) is 54.8. The van der Waals surface area contributed by atoms with Gasteiger partial charge in [0.15, 0.2) is 0 Å². The van der Waals surface area contributed by atoms with Gasteiger partial charge in [-0.2, -0.15) is 0 Å². The van der Waals surface area contributed by atoms with Gasteiger partial charge in [-0.3, -0.25) is 23.9 Å². The number of nitrogens with one attached hydrogen (secondary N) is 4. The summed E-state index contributed by atoms with van der Waals surface area (Å²) in [7, 11) is 0. The molecule has 0 bridgehead atoms. The van der Waals surface area contributed by atoms with E-state index in [-0.39, 0.29) is 35.5 Å². The molecule has 0 aliphatic carbocycles. The number of ether oxygens (including phenoxy) is 1. The Balaban J connectivity index is 7.48. The minimum Gasteiger partial charge on any atom is -0.310 e. The van der Waals surface area contributed by atoms with E-state index in [2.05, 4.69) is 76.7 Å².